The second-order valence-corrected chi connectivity index (χ2v) is 9.60. The highest BCUT2D eigenvalue weighted by atomic mass is 79.9. The maximum Gasteiger partial charge on any atom is 0.294 e. The summed E-state index contributed by atoms with van der Waals surface area (Å²) in [6, 6.07) is 14.2. The van der Waals surface area contributed by atoms with Crippen LogP contribution in [-0.4, -0.2) is 59.0 Å². The summed E-state index contributed by atoms with van der Waals surface area (Å²) in [6.07, 6.45) is 3.49. The molecule has 2 aromatic carbocycles. The van der Waals surface area contributed by atoms with Gasteiger partial charge in [0.05, 0.1) is 9.38 Å². The highest BCUT2D eigenvalue weighted by Crippen LogP contribution is 2.34. The van der Waals surface area contributed by atoms with Crippen LogP contribution in [0.1, 0.15) is 18.4 Å². The fourth-order valence-corrected chi connectivity index (χ4v) is 4.92. The molecule has 2 saturated heterocycles. The largest absolute Gasteiger partial charge is 0.483 e. The number of hydrogen-bond donors (Lipinski definition) is 1. The number of rotatable bonds is 7. The number of carbonyl (C=O) groups excluding carboxylic acids is 4. The van der Waals surface area contributed by atoms with Gasteiger partial charge in [-0.15, -0.1) is 0 Å². The summed E-state index contributed by atoms with van der Waals surface area (Å²) in [4.78, 5) is 52.4. The zero-order chi connectivity index (χ0) is 24.1. The van der Waals surface area contributed by atoms with Crippen molar-refractivity contribution in [2.45, 2.75) is 12.8 Å². The van der Waals surface area contributed by atoms with E-state index in [4.69, 9.17) is 4.74 Å². The second-order valence-electron chi connectivity index (χ2n) is 7.75. The van der Waals surface area contributed by atoms with Crippen molar-refractivity contribution in [3.8, 4) is 5.75 Å². The molecule has 4 rings (SSSR count). The predicted molar refractivity (Wildman–Crippen MR) is 133 cm³/mol. The first-order chi connectivity index (χ1) is 16.4. The van der Waals surface area contributed by atoms with Gasteiger partial charge in [-0.1, -0.05) is 24.3 Å². The molecule has 0 aromatic heterocycles. The molecule has 0 atom stereocenters. The van der Waals surface area contributed by atoms with Crippen LogP contribution in [0.5, 0.6) is 5.75 Å². The van der Waals surface area contributed by atoms with Gasteiger partial charge < -0.3 is 15.0 Å². The Hall–Kier alpha value is -3.11. The number of likely N-dealkylation sites (tertiary alicyclic amines) is 1. The number of nitrogens with one attached hydrogen (secondary N) is 1. The van der Waals surface area contributed by atoms with E-state index in [2.05, 4.69) is 21.2 Å². The van der Waals surface area contributed by atoms with E-state index in [1.807, 2.05) is 18.2 Å². The Kier molecular flexibility index (Phi) is 7.69. The number of carbonyl (C=O) groups is 4. The molecule has 10 heteroatoms. The van der Waals surface area contributed by atoms with Crippen LogP contribution >= 0.6 is 27.7 Å². The summed E-state index contributed by atoms with van der Waals surface area (Å²) >= 11 is 4.23. The van der Waals surface area contributed by atoms with E-state index in [9.17, 15) is 19.2 Å². The minimum absolute atomic E-state index is 0.170. The molecule has 1 N–H and O–H groups in total. The SMILES string of the molecule is O=C(COc1ccc(/C=C2/SC(=O)N(CC(=O)N3CCCC3)C2=O)cc1Br)Nc1ccccc1. The van der Waals surface area contributed by atoms with Crippen LogP contribution in [0.4, 0.5) is 10.5 Å². The Morgan fingerprint density at radius 1 is 1.09 bits per heavy atom. The molecule has 2 aliphatic heterocycles. The first-order valence-electron chi connectivity index (χ1n) is 10.7. The van der Waals surface area contributed by atoms with E-state index in [1.165, 1.54) is 0 Å². The van der Waals surface area contributed by atoms with Gasteiger partial charge in [-0.25, -0.2) is 0 Å². The number of halogens is 1. The minimum Gasteiger partial charge on any atom is -0.483 e. The van der Waals surface area contributed by atoms with Crippen LogP contribution in [0, 0.1) is 0 Å². The number of anilines is 1. The molecule has 2 aliphatic rings. The van der Waals surface area contributed by atoms with Gasteiger partial charge in [-0.05, 0) is 76.4 Å². The van der Waals surface area contributed by atoms with Crippen molar-refractivity contribution >= 4 is 62.4 Å². The van der Waals surface area contributed by atoms with Gasteiger partial charge in [-0.2, -0.15) is 0 Å². The molecule has 0 radical (unpaired) electrons. The number of para-hydroxylation sites is 1. The zero-order valence-corrected chi connectivity index (χ0v) is 20.6. The third kappa shape index (κ3) is 5.87. The number of amides is 4. The summed E-state index contributed by atoms with van der Waals surface area (Å²) in [5.41, 5.74) is 1.35. The topological polar surface area (TPSA) is 96.0 Å². The summed E-state index contributed by atoms with van der Waals surface area (Å²) in [7, 11) is 0. The van der Waals surface area contributed by atoms with E-state index in [-0.39, 0.29) is 29.9 Å². The molecule has 0 aliphatic carbocycles. The summed E-state index contributed by atoms with van der Waals surface area (Å²) in [5.74, 6) is -0.512. The lowest BCUT2D eigenvalue weighted by Gasteiger charge is -2.18. The van der Waals surface area contributed by atoms with Gasteiger partial charge >= 0.3 is 0 Å². The number of ether oxygens (including phenoxy) is 1. The van der Waals surface area contributed by atoms with E-state index in [0.29, 0.717) is 34.6 Å². The number of imide groups is 1. The number of hydrogen-bond acceptors (Lipinski definition) is 6. The Labute approximate surface area is 209 Å². The first-order valence-corrected chi connectivity index (χ1v) is 12.3. The fourth-order valence-electron chi connectivity index (χ4n) is 3.58. The van der Waals surface area contributed by atoms with Crippen molar-refractivity contribution in [2.75, 3.05) is 31.6 Å². The summed E-state index contributed by atoms with van der Waals surface area (Å²) < 4.78 is 6.18. The smallest absolute Gasteiger partial charge is 0.294 e. The minimum atomic E-state index is -0.475. The normalized spacial score (nSPS) is 16.9. The zero-order valence-electron chi connectivity index (χ0n) is 18.2. The third-order valence-corrected chi connectivity index (χ3v) is 6.82. The van der Waals surface area contributed by atoms with Crippen molar-refractivity contribution < 1.29 is 23.9 Å². The maximum atomic E-state index is 12.7. The van der Waals surface area contributed by atoms with Gasteiger partial charge in [-0.3, -0.25) is 24.1 Å². The van der Waals surface area contributed by atoms with Crippen molar-refractivity contribution in [3.05, 3.63) is 63.5 Å². The lowest BCUT2D eigenvalue weighted by atomic mass is 10.2. The standard InChI is InChI=1S/C24H22BrN3O5S/c25-18-12-16(8-9-19(18)33-15-21(29)26-17-6-2-1-3-7-17)13-20-23(31)28(24(32)34-20)14-22(30)27-10-4-5-11-27/h1-3,6-9,12-13H,4-5,10-11,14-15H2,(H,26,29)/b20-13+. The molecule has 0 saturated carbocycles. The van der Waals surface area contributed by atoms with Crippen LogP contribution in [0.3, 0.4) is 0 Å². The molecule has 0 unspecified atom stereocenters. The van der Waals surface area contributed by atoms with Gasteiger partial charge in [0.1, 0.15) is 12.3 Å². The van der Waals surface area contributed by atoms with E-state index >= 15 is 0 Å². The highest BCUT2D eigenvalue weighted by molar-refractivity contribution is 9.10. The van der Waals surface area contributed by atoms with E-state index in [1.54, 1.807) is 41.3 Å². The Morgan fingerprint density at radius 3 is 2.53 bits per heavy atom. The molecule has 2 heterocycles. The lowest BCUT2D eigenvalue weighted by Crippen LogP contribution is -2.40. The fraction of sp³-hybridized carbons (Fsp3) is 0.250. The Balaban J connectivity index is 1.36. The molecular weight excluding hydrogens is 522 g/mol. The summed E-state index contributed by atoms with van der Waals surface area (Å²) in [5, 5.41) is 2.29. The van der Waals surface area contributed by atoms with Crippen molar-refractivity contribution in [2.24, 2.45) is 0 Å². The second kappa shape index (κ2) is 10.9. The number of thioether (sulfide) groups is 1. The molecule has 4 amide bonds. The van der Waals surface area contributed by atoms with Crippen molar-refractivity contribution in [1.29, 1.82) is 0 Å². The molecule has 176 valence electrons. The van der Waals surface area contributed by atoms with E-state index < -0.39 is 11.1 Å². The van der Waals surface area contributed by atoms with Crippen LogP contribution in [0.15, 0.2) is 57.9 Å². The predicted octanol–water partition coefficient (Wildman–Crippen LogP) is 4.13. The summed E-state index contributed by atoms with van der Waals surface area (Å²) in [6.45, 7) is 0.933. The van der Waals surface area contributed by atoms with Gasteiger partial charge in [0.25, 0.3) is 17.1 Å². The quantitative estimate of drug-likeness (QED) is 0.527. The Bertz CT molecular complexity index is 1150. The lowest BCUT2D eigenvalue weighted by molar-refractivity contribution is -0.135. The molecule has 2 fully saturated rings. The van der Waals surface area contributed by atoms with E-state index in [0.717, 1.165) is 29.5 Å². The number of benzene rings is 2. The number of nitrogens with zero attached hydrogens (tertiary/aromatic N) is 2. The monoisotopic (exact) mass is 543 g/mol. The van der Waals surface area contributed by atoms with Crippen LogP contribution in [0.25, 0.3) is 6.08 Å². The van der Waals surface area contributed by atoms with Gasteiger partial charge in [0, 0.05) is 18.8 Å². The van der Waals surface area contributed by atoms with Gasteiger partial charge in [0.15, 0.2) is 6.61 Å². The average molecular weight is 544 g/mol. The molecular formula is C24H22BrN3O5S. The third-order valence-electron chi connectivity index (χ3n) is 5.30. The molecule has 2 aromatic rings. The van der Waals surface area contributed by atoms with Crippen molar-refractivity contribution in [1.82, 2.24) is 9.80 Å². The maximum absolute atomic E-state index is 12.7. The molecule has 0 spiro atoms. The average Bonchev–Trinajstić information content (AvgIpc) is 3.44. The highest BCUT2D eigenvalue weighted by Gasteiger charge is 2.37. The first kappa shape index (κ1) is 24.0. The van der Waals surface area contributed by atoms with Crippen LogP contribution < -0.4 is 10.1 Å². The molecule has 34 heavy (non-hydrogen) atoms. The molecule has 0 bridgehead atoms. The molecule has 8 nitrogen and oxygen atoms in total. The van der Waals surface area contributed by atoms with Crippen molar-refractivity contribution in [3.63, 3.8) is 0 Å². The van der Waals surface area contributed by atoms with Crippen LogP contribution in [0.2, 0.25) is 0 Å². The van der Waals surface area contributed by atoms with Gasteiger partial charge in [0.2, 0.25) is 5.91 Å². The Morgan fingerprint density at radius 2 is 1.82 bits per heavy atom. The van der Waals surface area contributed by atoms with Crippen LogP contribution in [-0.2, 0) is 14.4 Å².